The van der Waals surface area contributed by atoms with Crippen molar-refractivity contribution >= 4 is 44.9 Å². The highest BCUT2D eigenvalue weighted by atomic mass is 32.2. The van der Waals surface area contributed by atoms with Gasteiger partial charge in [-0.25, -0.2) is 14.8 Å². The Balaban J connectivity index is 1.97. The van der Waals surface area contributed by atoms with Crippen molar-refractivity contribution in [2.24, 2.45) is 5.92 Å². The van der Waals surface area contributed by atoms with Gasteiger partial charge in [-0.1, -0.05) is 32.6 Å². The number of esters is 1. The Hall–Kier alpha value is -2.88. The standard InChI is InChI=1S/C26H31N3O4S2/c1-16(2)12-22-23(18-8-7-9-20(13-18)33-11-10-31-4)28-26(35-22)29-24-21(25(30)32-5)14-19(15-27-24)17(3)34-6/h7-9,13-16H,3,10-12H2,1-2,4-6H3,(H,27,28,29). The van der Waals surface area contributed by atoms with Crippen LogP contribution in [0.15, 0.2) is 43.1 Å². The SMILES string of the molecule is C=C(SC)c1cnc(Nc2nc(-c3cccc(OCCOC)c3)c(CC(C)C)s2)c(C(=O)OC)c1. The van der Waals surface area contributed by atoms with Crippen LogP contribution in [0.3, 0.4) is 0 Å². The van der Waals surface area contributed by atoms with E-state index in [1.807, 2.05) is 30.5 Å². The highest BCUT2D eigenvalue weighted by Gasteiger charge is 2.19. The number of carbonyl (C=O) groups is 1. The summed E-state index contributed by atoms with van der Waals surface area (Å²) in [5.74, 6) is 1.12. The van der Waals surface area contributed by atoms with Gasteiger partial charge in [0.15, 0.2) is 5.13 Å². The second-order valence-corrected chi connectivity index (χ2v) is 10.1. The van der Waals surface area contributed by atoms with Crippen LogP contribution in [0.5, 0.6) is 5.75 Å². The van der Waals surface area contributed by atoms with Gasteiger partial charge in [-0.3, -0.25) is 0 Å². The molecule has 0 bridgehead atoms. The van der Waals surface area contributed by atoms with Crippen LogP contribution in [0, 0.1) is 5.92 Å². The number of aromatic nitrogens is 2. The number of thioether (sulfide) groups is 1. The zero-order valence-electron chi connectivity index (χ0n) is 20.7. The molecule has 9 heteroatoms. The number of hydrogen-bond donors (Lipinski definition) is 1. The van der Waals surface area contributed by atoms with Crippen LogP contribution < -0.4 is 10.1 Å². The maximum absolute atomic E-state index is 12.5. The number of anilines is 2. The molecule has 7 nitrogen and oxygen atoms in total. The molecule has 2 heterocycles. The molecule has 0 saturated heterocycles. The summed E-state index contributed by atoms with van der Waals surface area (Å²) in [4.78, 5) is 23.8. The van der Waals surface area contributed by atoms with E-state index in [0.29, 0.717) is 35.6 Å². The average molecular weight is 514 g/mol. The normalized spacial score (nSPS) is 10.9. The molecule has 0 amide bonds. The third-order valence-corrected chi connectivity index (χ3v) is 6.76. The van der Waals surface area contributed by atoms with E-state index in [9.17, 15) is 4.79 Å². The Morgan fingerprint density at radius 2 is 2.03 bits per heavy atom. The molecule has 0 fully saturated rings. The van der Waals surface area contributed by atoms with Gasteiger partial charge in [0, 0.05) is 34.2 Å². The van der Waals surface area contributed by atoms with E-state index in [0.717, 1.165) is 38.8 Å². The van der Waals surface area contributed by atoms with E-state index in [4.69, 9.17) is 19.2 Å². The number of thiazole rings is 1. The molecule has 2 aromatic heterocycles. The van der Waals surface area contributed by atoms with Crippen LogP contribution in [0.1, 0.15) is 34.6 Å². The first-order chi connectivity index (χ1) is 16.9. The number of ether oxygens (including phenoxy) is 3. The molecule has 0 saturated carbocycles. The summed E-state index contributed by atoms with van der Waals surface area (Å²) in [5.41, 5.74) is 2.95. The summed E-state index contributed by atoms with van der Waals surface area (Å²) in [6.45, 7) is 9.36. The van der Waals surface area contributed by atoms with Crippen LogP contribution in [0.25, 0.3) is 16.2 Å². The van der Waals surface area contributed by atoms with Gasteiger partial charge < -0.3 is 19.5 Å². The minimum absolute atomic E-state index is 0.330. The van der Waals surface area contributed by atoms with Crippen molar-refractivity contribution in [1.29, 1.82) is 0 Å². The average Bonchev–Trinajstić information content (AvgIpc) is 3.25. The molecule has 0 unspecified atom stereocenters. The Morgan fingerprint density at radius 1 is 1.23 bits per heavy atom. The molecule has 0 spiro atoms. The predicted molar refractivity (Wildman–Crippen MR) is 145 cm³/mol. The summed E-state index contributed by atoms with van der Waals surface area (Å²) in [6, 6.07) is 9.62. The Bertz CT molecular complexity index is 1180. The van der Waals surface area contributed by atoms with Crippen molar-refractivity contribution in [2.75, 3.05) is 39.0 Å². The molecule has 1 aromatic carbocycles. The van der Waals surface area contributed by atoms with Crippen molar-refractivity contribution in [3.63, 3.8) is 0 Å². The lowest BCUT2D eigenvalue weighted by atomic mass is 10.0. The number of nitrogens with zero attached hydrogens (tertiary/aromatic N) is 2. The highest BCUT2D eigenvalue weighted by molar-refractivity contribution is 8.07. The second-order valence-electron chi connectivity index (χ2n) is 8.12. The topological polar surface area (TPSA) is 82.6 Å². The van der Waals surface area contributed by atoms with Gasteiger partial charge in [-0.2, -0.15) is 0 Å². The summed E-state index contributed by atoms with van der Waals surface area (Å²) < 4.78 is 15.9. The van der Waals surface area contributed by atoms with Gasteiger partial charge in [0.05, 0.1) is 19.4 Å². The molecule has 0 radical (unpaired) electrons. The molecule has 3 rings (SSSR count). The first kappa shape index (κ1) is 26.7. The van der Waals surface area contributed by atoms with Crippen molar-refractivity contribution < 1.29 is 19.0 Å². The van der Waals surface area contributed by atoms with Gasteiger partial charge in [0.2, 0.25) is 0 Å². The monoisotopic (exact) mass is 513 g/mol. The van der Waals surface area contributed by atoms with Crippen molar-refractivity contribution in [2.45, 2.75) is 20.3 Å². The van der Waals surface area contributed by atoms with E-state index in [1.165, 1.54) is 18.9 Å². The van der Waals surface area contributed by atoms with E-state index < -0.39 is 5.97 Å². The zero-order valence-corrected chi connectivity index (χ0v) is 22.3. The molecule has 0 atom stereocenters. The Kier molecular flexibility index (Phi) is 9.71. The maximum atomic E-state index is 12.5. The largest absolute Gasteiger partial charge is 0.491 e. The third kappa shape index (κ3) is 7.06. The first-order valence-corrected chi connectivity index (χ1v) is 13.2. The molecule has 35 heavy (non-hydrogen) atoms. The fourth-order valence-corrected chi connectivity index (χ4v) is 4.86. The van der Waals surface area contributed by atoms with Crippen molar-refractivity contribution in [1.82, 2.24) is 9.97 Å². The fraction of sp³-hybridized carbons (Fsp3) is 0.346. The van der Waals surface area contributed by atoms with Crippen molar-refractivity contribution in [3.8, 4) is 17.0 Å². The number of methoxy groups -OCH3 is 2. The number of hydrogen-bond acceptors (Lipinski definition) is 9. The minimum atomic E-state index is -0.476. The molecular weight excluding hydrogens is 482 g/mol. The maximum Gasteiger partial charge on any atom is 0.341 e. The number of benzene rings is 1. The number of nitrogens with one attached hydrogen (secondary N) is 1. The number of carbonyl (C=O) groups excluding carboxylic acids is 1. The Labute approximate surface area is 214 Å². The quantitative estimate of drug-likeness (QED) is 0.223. The summed E-state index contributed by atoms with van der Waals surface area (Å²) in [5, 5.41) is 3.89. The van der Waals surface area contributed by atoms with E-state index >= 15 is 0 Å². The van der Waals surface area contributed by atoms with Crippen LogP contribution in [-0.2, 0) is 15.9 Å². The Morgan fingerprint density at radius 3 is 2.71 bits per heavy atom. The van der Waals surface area contributed by atoms with Gasteiger partial charge in [-0.15, -0.1) is 23.1 Å². The van der Waals surface area contributed by atoms with Crippen LogP contribution in [0.4, 0.5) is 10.9 Å². The second kappa shape index (κ2) is 12.7. The smallest absolute Gasteiger partial charge is 0.341 e. The first-order valence-electron chi connectivity index (χ1n) is 11.2. The molecule has 186 valence electrons. The molecule has 0 aliphatic rings. The molecule has 3 aromatic rings. The molecule has 1 N–H and O–H groups in total. The third-order valence-electron chi connectivity index (χ3n) is 5.04. The lowest BCUT2D eigenvalue weighted by molar-refractivity contribution is 0.0601. The number of pyridine rings is 1. The summed E-state index contributed by atoms with van der Waals surface area (Å²) >= 11 is 3.05. The molecule has 0 aliphatic carbocycles. The molecular formula is C26H31N3O4S2. The lowest BCUT2D eigenvalue weighted by Crippen LogP contribution is -2.08. The van der Waals surface area contributed by atoms with Gasteiger partial charge in [-0.05, 0) is 36.8 Å². The lowest BCUT2D eigenvalue weighted by Gasteiger charge is -2.10. The zero-order chi connectivity index (χ0) is 25.4. The van der Waals surface area contributed by atoms with E-state index in [1.54, 1.807) is 30.7 Å². The van der Waals surface area contributed by atoms with E-state index in [2.05, 4.69) is 30.7 Å². The number of rotatable bonds is 12. The van der Waals surface area contributed by atoms with Gasteiger partial charge in [0.1, 0.15) is 23.7 Å². The summed E-state index contributed by atoms with van der Waals surface area (Å²) in [7, 11) is 3.00. The van der Waals surface area contributed by atoms with Crippen LogP contribution in [0.2, 0.25) is 0 Å². The fourth-order valence-electron chi connectivity index (χ4n) is 3.32. The summed E-state index contributed by atoms with van der Waals surface area (Å²) in [6.07, 6.45) is 4.49. The predicted octanol–water partition coefficient (Wildman–Crippen LogP) is 6.29. The molecule has 0 aliphatic heterocycles. The van der Waals surface area contributed by atoms with Crippen LogP contribution in [-0.4, -0.2) is 49.6 Å². The van der Waals surface area contributed by atoms with E-state index in [-0.39, 0.29) is 0 Å². The highest BCUT2D eigenvalue weighted by Crippen LogP contribution is 2.36. The van der Waals surface area contributed by atoms with Crippen LogP contribution >= 0.6 is 23.1 Å². The van der Waals surface area contributed by atoms with Crippen molar-refractivity contribution in [3.05, 3.63) is 59.1 Å². The minimum Gasteiger partial charge on any atom is -0.491 e. The van der Waals surface area contributed by atoms with Gasteiger partial charge in [0.25, 0.3) is 0 Å². The van der Waals surface area contributed by atoms with Gasteiger partial charge >= 0.3 is 5.97 Å².